The SMILES string of the molecule is CC=C(C)C(=O)OCC1C2=C(CC3C4c5c(O)c(OC)c(C)c(O)c5C(O)C(C(O)N13)N4C)C(=O)C(C)=C(OC)C2=O. The number of piperazine rings is 1. The van der Waals surface area contributed by atoms with Crippen LogP contribution in [0.25, 0.3) is 0 Å². The van der Waals surface area contributed by atoms with Crippen molar-refractivity contribution in [2.45, 2.75) is 70.6 Å². The Morgan fingerprint density at radius 3 is 2.31 bits per heavy atom. The van der Waals surface area contributed by atoms with Gasteiger partial charge in [0, 0.05) is 45.0 Å². The number of nitrogens with zero attached hydrogens (tertiary/aromatic N) is 2. The first-order chi connectivity index (χ1) is 19.8. The minimum absolute atomic E-state index is 0.0166. The highest BCUT2D eigenvalue weighted by atomic mass is 16.5. The summed E-state index contributed by atoms with van der Waals surface area (Å²) in [7, 11) is 4.31. The van der Waals surface area contributed by atoms with Crippen molar-refractivity contribution >= 4 is 17.5 Å². The molecule has 1 aromatic rings. The molecule has 1 aliphatic carbocycles. The lowest BCUT2D eigenvalue weighted by molar-refractivity contribution is -0.199. The second-order valence-electron chi connectivity index (χ2n) is 11.2. The van der Waals surface area contributed by atoms with Gasteiger partial charge >= 0.3 is 5.97 Å². The van der Waals surface area contributed by atoms with Gasteiger partial charge in [0.1, 0.15) is 24.7 Å². The zero-order valence-corrected chi connectivity index (χ0v) is 24.6. The molecule has 1 fully saturated rings. The number of carbonyl (C=O) groups is 3. The first-order valence-electron chi connectivity index (χ1n) is 13.7. The number of aromatic hydroxyl groups is 2. The Morgan fingerprint density at radius 2 is 1.71 bits per heavy atom. The summed E-state index contributed by atoms with van der Waals surface area (Å²) in [6.45, 7) is 5.92. The van der Waals surface area contributed by atoms with Crippen LogP contribution < -0.4 is 4.74 Å². The lowest BCUT2D eigenvalue weighted by Gasteiger charge is -2.61. The number of hydrogen-bond acceptors (Lipinski definition) is 12. The number of esters is 1. The summed E-state index contributed by atoms with van der Waals surface area (Å²) in [4.78, 5) is 43.4. The van der Waals surface area contributed by atoms with Crippen molar-refractivity contribution in [1.29, 1.82) is 0 Å². The monoisotopic (exact) mass is 584 g/mol. The van der Waals surface area contributed by atoms with Gasteiger partial charge in [-0.2, -0.15) is 0 Å². The van der Waals surface area contributed by atoms with Gasteiger partial charge in [-0.1, -0.05) is 6.08 Å². The van der Waals surface area contributed by atoms with E-state index in [4.69, 9.17) is 14.2 Å². The number of methoxy groups -OCH3 is 2. The van der Waals surface area contributed by atoms with Crippen LogP contribution in [0.3, 0.4) is 0 Å². The van der Waals surface area contributed by atoms with Gasteiger partial charge < -0.3 is 34.6 Å². The number of aliphatic hydroxyl groups is 2. The molecule has 0 aromatic heterocycles. The molecule has 6 atom stereocenters. The molecule has 0 saturated carbocycles. The van der Waals surface area contributed by atoms with E-state index in [2.05, 4.69) is 0 Å². The Hall–Kier alpha value is -3.71. The summed E-state index contributed by atoms with van der Waals surface area (Å²) in [6, 6.07) is -3.66. The number of phenolic OH excluding ortho intramolecular Hbond substituents is 2. The molecule has 12 heteroatoms. The number of ketones is 2. The number of benzene rings is 1. The molecule has 0 amide bonds. The highest BCUT2D eigenvalue weighted by Gasteiger charge is 2.60. The van der Waals surface area contributed by atoms with Crippen LogP contribution in [0, 0.1) is 6.92 Å². The molecule has 1 aromatic carbocycles. The normalized spacial score (nSPS) is 29.7. The van der Waals surface area contributed by atoms with Gasteiger partial charge in [0.15, 0.2) is 23.0 Å². The van der Waals surface area contributed by atoms with Gasteiger partial charge in [0.2, 0.25) is 5.78 Å². The van der Waals surface area contributed by atoms with E-state index in [9.17, 15) is 34.8 Å². The van der Waals surface area contributed by atoms with Crippen LogP contribution in [0.4, 0.5) is 0 Å². The van der Waals surface area contributed by atoms with E-state index in [1.165, 1.54) is 21.1 Å². The number of allylic oxidation sites excluding steroid dienone is 3. The Labute approximate surface area is 243 Å². The fourth-order valence-corrected chi connectivity index (χ4v) is 7.10. The van der Waals surface area contributed by atoms with Crippen LogP contribution in [0.15, 0.2) is 34.1 Å². The molecule has 5 rings (SSSR count). The fourth-order valence-electron chi connectivity index (χ4n) is 7.10. The summed E-state index contributed by atoms with van der Waals surface area (Å²) in [6.07, 6.45) is -1.34. The average Bonchev–Trinajstić information content (AvgIpc) is 2.96. The number of aliphatic hydroxyl groups excluding tert-OH is 2. The van der Waals surface area contributed by atoms with Crippen LogP contribution in [0.5, 0.6) is 17.2 Å². The lowest BCUT2D eigenvalue weighted by atomic mass is 9.70. The molecule has 0 radical (unpaired) electrons. The molecule has 1 saturated heterocycles. The van der Waals surface area contributed by atoms with Crippen molar-refractivity contribution in [3.63, 3.8) is 0 Å². The zero-order chi connectivity index (χ0) is 30.9. The highest BCUT2D eigenvalue weighted by molar-refractivity contribution is 6.25. The third kappa shape index (κ3) is 3.93. The third-order valence-corrected chi connectivity index (χ3v) is 9.27. The second kappa shape index (κ2) is 10.5. The first kappa shape index (κ1) is 29.8. The van der Waals surface area contributed by atoms with Gasteiger partial charge in [-0.15, -0.1) is 0 Å². The molecule has 4 aliphatic rings. The predicted octanol–water partition coefficient (Wildman–Crippen LogP) is 1.46. The minimum atomic E-state index is -1.46. The van der Waals surface area contributed by atoms with Crippen molar-refractivity contribution in [2.24, 2.45) is 0 Å². The molecule has 3 aliphatic heterocycles. The highest BCUT2D eigenvalue weighted by Crippen LogP contribution is 2.58. The summed E-state index contributed by atoms with van der Waals surface area (Å²) in [5.74, 6) is -2.26. The number of ether oxygens (including phenoxy) is 3. The largest absolute Gasteiger partial charge is 0.507 e. The van der Waals surface area contributed by atoms with Gasteiger partial charge in [0.05, 0.1) is 32.3 Å². The van der Waals surface area contributed by atoms with E-state index in [0.29, 0.717) is 5.57 Å². The van der Waals surface area contributed by atoms with Crippen molar-refractivity contribution in [3.8, 4) is 17.2 Å². The molecular weight excluding hydrogens is 548 g/mol. The fraction of sp³-hybridized carbons (Fsp3) is 0.500. The van der Waals surface area contributed by atoms with Crippen LogP contribution in [0.2, 0.25) is 0 Å². The molecule has 0 spiro atoms. The molecule has 3 heterocycles. The Balaban J connectivity index is 1.74. The van der Waals surface area contributed by atoms with Crippen LogP contribution >= 0.6 is 0 Å². The van der Waals surface area contributed by atoms with E-state index in [1.54, 1.807) is 43.7 Å². The zero-order valence-electron chi connectivity index (χ0n) is 24.6. The molecule has 12 nitrogen and oxygen atoms in total. The summed E-state index contributed by atoms with van der Waals surface area (Å²) >= 11 is 0. The van der Waals surface area contributed by atoms with E-state index in [-0.39, 0.29) is 69.4 Å². The van der Waals surface area contributed by atoms with E-state index < -0.39 is 54.0 Å². The molecular formula is C30H36N2O10. The maximum absolute atomic E-state index is 13.8. The maximum Gasteiger partial charge on any atom is 0.333 e. The van der Waals surface area contributed by atoms with Crippen LogP contribution in [0.1, 0.15) is 56.0 Å². The molecule has 6 unspecified atom stereocenters. The molecule has 42 heavy (non-hydrogen) atoms. The standard InChI is InChI=1S/C30H36N2O10/c1-8-11(2)30(39)42-10-16-17-14(22(33)12(3)27(40-6)25(17)36)9-15-20-18-19(23(34)13(4)28(41-7)26(18)37)24(35)21(31(20)5)29(38)32(15)16/h8,15-16,20-21,24,29,34-35,37-38H,9-10H2,1-7H3. The number of phenols is 2. The topological polar surface area (TPSA) is 166 Å². The number of carbonyl (C=O) groups excluding carboxylic acids is 3. The Kier molecular flexibility index (Phi) is 7.46. The number of fused-ring (bicyclic) bond motifs is 6. The second-order valence-corrected chi connectivity index (χ2v) is 11.2. The Morgan fingerprint density at radius 1 is 1.05 bits per heavy atom. The summed E-state index contributed by atoms with van der Waals surface area (Å²) in [5, 5.41) is 46.0. The van der Waals surface area contributed by atoms with E-state index in [1.807, 2.05) is 0 Å². The quantitative estimate of drug-likeness (QED) is 0.171. The van der Waals surface area contributed by atoms with Gasteiger partial charge in [0.25, 0.3) is 0 Å². The van der Waals surface area contributed by atoms with E-state index in [0.717, 1.165) is 0 Å². The van der Waals surface area contributed by atoms with Gasteiger partial charge in [-0.05, 0) is 41.2 Å². The Bertz CT molecular complexity index is 1490. The third-order valence-electron chi connectivity index (χ3n) is 9.27. The lowest BCUT2D eigenvalue weighted by Crippen LogP contribution is -2.71. The van der Waals surface area contributed by atoms with Crippen LogP contribution in [-0.4, -0.2) is 100.0 Å². The van der Waals surface area contributed by atoms with Crippen molar-refractivity contribution in [2.75, 3.05) is 27.9 Å². The van der Waals surface area contributed by atoms with Crippen molar-refractivity contribution in [3.05, 3.63) is 50.8 Å². The van der Waals surface area contributed by atoms with Crippen molar-refractivity contribution in [1.82, 2.24) is 9.80 Å². The van der Waals surface area contributed by atoms with E-state index >= 15 is 0 Å². The summed E-state index contributed by atoms with van der Waals surface area (Å²) < 4.78 is 16.3. The van der Waals surface area contributed by atoms with Crippen LogP contribution in [-0.2, 0) is 23.9 Å². The molecule has 2 bridgehead atoms. The maximum atomic E-state index is 13.8. The predicted molar refractivity (Wildman–Crippen MR) is 147 cm³/mol. The van der Waals surface area contributed by atoms with Gasteiger partial charge in [-0.3, -0.25) is 19.4 Å². The minimum Gasteiger partial charge on any atom is -0.507 e. The number of rotatable bonds is 5. The van der Waals surface area contributed by atoms with Gasteiger partial charge in [-0.25, -0.2) is 4.79 Å². The first-order valence-corrected chi connectivity index (χ1v) is 13.7. The number of hydrogen-bond donors (Lipinski definition) is 4. The average molecular weight is 585 g/mol. The summed E-state index contributed by atoms with van der Waals surface area (Å²) in [5.41, 5.74) is 1.18. The van der Waals surface area contributed by atoms with Crippen molar-refractivity contribution < 1.29 is 49.0 Å². The smallest absolute Gasteiger partial charge is 0.333 e. The number of likely N-dealkylation sites (N-methyl/N-ethyl adjacent to an activating group) is 1. The number of Topliss-reactive ketones (excluding diaryl/α,β-unsaturated/α-hetero) is 2. The molecule has 4 N–H and O–H groups in total. The molecule has 226 valence electrons.